The molecule has 1 N–H and O–H groups in total. The van der Waals surface area contributed by atoms with Crippen LogP contribution in [0.5, 0.6) is 0 Å². The standard InChI is InChI=1S/C16H24ClN3O3S/c1-16(2)12-19(8-9-23-16)24(21,22)20-7-6-18-11-15(20)13-4-3-5-14(17)10-13/h3-5,10,15,18H,6-9,11-12H2,1-2H3. The number of piperazine rings is 1. The van der Waals surface area contributed by atoms with Crippen LogP contribution in [0.15, 0.2) is 24.3 Å². The van der Waals surface area contributed by atoms with E-state index in [4.69, 9.17) is 16.3 Å². The maximum Gasteiger partial charge on any atom is 0.282 e. The lowest BCUT2D eigenvalue weighted by atomic mass is 10.1. The quantitative estimate of drug-likeness (QED) is 0.875. The fraction of sp³-hybridized carbons (Fsp3) is 0.625. The number of hydrogen-bond acceptors (Lipinski definition) is 4. The summed E-state index contributed by atoms with van der Waals surface area (Å²) in [5.41, 5.74) is 0.441. The predicted molar refractivity (Wildman–Crippen MR) is 94.3 cm³/mol. The highest BCUT2D eigenvalue weighted by molar-refractivity contribution is 7.86. The first-order chi connectivity index (χ1) is 11.3. The van der Waals surface area contributed by atoms with E-state index in [1.807, 2.05) is 32.0 Å². The smallest absolute Gasteiger partial charge is 0.282 e. The van der Waals surface area contributed by atoms with Crippen LogP contribution in [0, 0.1) is 0 Å². The van der Waals surface area contributed by atoms with E-state index in [-0.39, 0.29) is 6.04 Å². The molecule has 1 aromatic rings. The highest BCUT2D eigenvalue weighted by Crippen LogP contribution is 2.30. The van der Waals surface area contributed by atoms with Crippen LogP contribution in [-0.4, -0.2) is 62.0 Å². The first-order valence-electron chi connectivity index (χ1n) is 8.17. The van der Waals surface area contributed by atoms with Crippen LogP contribution in [0.4, 0.5) is 0 Å². The molecule has 134 valence electrons. The van der Waals surface area contributed by atoms with E-state index < -0.39 is 15.8 Å². The number of rotatable bonds is 3. The summed E-state index contributed by atoms with van der Waals surface area (Å²) in [6, 6.07) is 7.16. The molecule has 1 atom stereocenters. The van der Waals surface area contributed by atoms with Gasteiger partial charge in [-0.15, -0.1) is 0 Å². The number of halogens is 1. The van der Waals surface area contributed by atoms with Crippen LogP contribution in [0.1, 0.15) is 25.5 Å². The Morgan fingerprint density at radius 1 is 1.33 bits per heavy atom. The van der Waals surface area contributed by atoms with E-state index in [2.05, 4.69) is 5.32 Å². The number of nitrogens with zero attached hydrogens (tertiary/aromatic N) is 2. The molecule has 3 rings (SSSR count). The topological polar surface area (TPSA) is 61.9 Å². The molecule has 2 saturated heterocycles. The van der Waals surface area contributed by atoms with E-state index in [1.165, 1.54) is 0 Å². The lowest BCUT2D eigenvalue weighted by Gasteiger charge is -2.42. The summed E-state index contributed by atoms with van der Waals surface area (Å²) in [5, 5.41) is 3.90. The van der Waals surface area contributed by atoms with Gasteiger partial charge in [0.15, 0.2) is 0 Å². The second kappa shape index (κ2) is 6.90. The molecule has 0 spiro atoms. The number of ether oxygens (including phenoxy) is 1. The van der Waals surface area contributed by atoms with Gasteiger partial charge in [-0.25, -0.2) is 0 Å². The van der Waals surface area contributed by atoms with Crippen LogP contribution in [0.3, 0.4) is 0 Å². The van der Waals surface area contributed by atoms with Gasteiger partial charge in [-0.3, -0.25) is 0 Å². The zero-order valence-corrected chi connectivity index (χ0v) is 15.6. The van der Waals surface area contributed by atoms with Crippen molar-refractivity contribution in [2.24, 2.45) is 0 Å². The van der Waals surface area contributed by atoms with Gasteiger partial charge in [-0.2, -0.15) is 17.0 Å². The Bertz CT molecular complexity index is 696. The zero-order chi connectivity index (χ0) is 17.4. The number of benzene rings is 1. The Labute approximate surface area is 148 Å². The van der Waals surface area contributed by atoms with Gasteiger partial charge in [0, 0.05) is 37.7 Å². The van der Waals surface area contributed by atoms with E-state index in [0.717, 1.165) is 5.56 Å². The molecule has 1 aromatic carbocycles. The van der Waals surface area contributed by atoms with Gasteiger partial charge in [0.05, 0.1) is 18.2 Å². The Morgan fingerprint density at radius 3 is 2.83 bits per heavy atom. The van der Waals surface area contributed by atoms with Crippen molar-refractivity contribution >= 4 is 21.8 Å². The lowest BCUT2D eigenvalue weighted by Crippen LogP contribution is -2.58. The van der Waals surface area contributed by atoms with Crippen molar-refractivity contribution in [1.29, 1.82) is 0 Å². The van der Waals surface area contributed by atoms with Crippen molar-refractivity contribution in [3.8, 4) is 0 Å². The van der Waals surface area contributed by atoms with Crippen molar-refractivity contribution in [2.75, 3.05) is 39.3 Å². The molecule has 1 unspecified atom stereocenters. The fourth-order valence-electron chi connectivity index (χ4n) is 3.28. The highest BCUT2D eigenvalue weighted by atomic mass is 35.5. The van der Waals surface area contributed by atoms with Crippen LogP contribution in [0.25, 0.3) is 0 Å². The van der Waals surface area contributed by atoms with Crippen molar-refractivity contribution in [3.05, 3.63) is 34.9 Å². The maximum absolute atomic E-state index is 13.2. The monoisotopic (exact) mass is 373 g/mol. The summed E-state index contributed by atoms with van der Waals surface area (Å²) >= 11 is 6.10. The number of hydrogen-bond donors (Lipinski definition) is 1. The van der Waals surface area contributed by atoms with E-state index >= 15 is 0 Å². The zero-order valence-electron chi connectivity index (χ0n) is 14.0. The number of morpholine rings is 1. The molecule has 2 aliphatic rings. The molecule has 0 saturated carbocycles. The van der Waals surface area contributed by atoms with Crippen molar-refractivity contribution < 1.29 is 13.2 Å². The Morgan fingerprint density at radius 2 is 2.12 bits per heavy atom. The van der Waals surface area contributed by atoms with Gasteiger partial charge in [-0.1, -0.05) is 23.7 Å². The second-order valence-corrected chi connectivity index (χ2v) is 9.15. The van der Waals surface area contributed by atoms with Gasteiger partial charge in [-0.05, 0) is 31.5 Å². The molecule has 0 amide bonds. The lowest BCUT2D eigenvalue weighted by molar-refractivity contribution is -0.0656. The molecule has 8 heteroatoms. The number of nitrogens with one attached hydrogen (secondary N) is 1. The molecule has 0 bridgehead atoms. The summed E-state index contributed by atoms with van der Waals surface area (Å²) in [4.78, 5) is 0. The first-order valence-corrected chi connectivity index (χ1v) is 9.94. The largest absolute Gasteiger partial charge is 0.373 e. The molecule has 2 aliphatic heterocycles. The van der Waals surface area contributed by atoms with Crippen LogP contribution in [-0.2, 0) is 14.9 Å². The van der Waals surface area contributed by atoms with Crippen molar-refractivity contribution in [2.45, 2.75) is 25.5 Å². The predicted octanol–water partition coefficient (Wildman–Crippen LogP) is 1.64. The Kier molecular flexibility index (Phi) is 5.20. The van der Waals surface area contributed by atoms with E-state index in [1.54, 1.807) is 14.7 Å². The molecule has 0 aliphatic carbocycles. The van der Waals surface area contributed by atoms with Gasteiger partial charge < -0.3 is 10.1 Å². The van der Waals surface area contributed by atoms with Crippen LogP contribution >= 0.6 is 11.6 Å². The average Bonchev–Trinajstić information content (AvgIpc) is 2.54. The van der Waals surface area contributed by atoms with Crippen molar-refractivity contribution in [1.82, 2.24) is 13.9 Å². The van der Waals surface area contributed by atoms with Crippen LogP contribution in [0.2, 0.25) is 5.02 Å². The average molecular weight is 374 g/mol. The summed E-state index contributed by atoms with van der Waals surface area (Å²) < 4.78 is 35.3. The first kappa shape index (κ1) is 18.1. The minimum Gasteiger partial charge on any atom is -0.373 e. The van der Waals surface area contributed by atoms with Gasteiger partial charge >= 0.3 is 0 Å². The Balaban J connectivity index is 1.89. The maximum atomic E-state index is 13.2. The fourth-order valence-corrected chi connectivity index (χ4v) is 5.39. The summed E-state index contributed by atoms with van der Waals surface area (Å²) in [6.45, 7) is 6.66. The Hall–Kier alpha value is -0.700. The minimum absolute atomic E-state index is 0.256. The third kappa shape index (κ3) is 3.76. The summed E-state index contributed by atoms with van der Waals surface area (Å²) in [7, 11) is -3.56. The van der Waals surface area contributed by atoms with E-state index in [0.29, 0.717) is 44.4 Å². The molecule has 24 heavy (non-hydrogen) atoms. The summed E-state index contributed by atoms with van der Waals surface area (Å²) in [6.07, 6.45) is 0. The third-order valence-corrected chi connectivity index (χ3v) is 6.67. The van der Waals surface area contributed by atoms with Gasteiger partial charge in [0.2, 0.25) is 0 Å². The van der Waals surface area contributed by atoms with Gasteiger partial charge in [0.25, 0.3) is 10.2 Å². The summed E-state index contributed by atoms with van der Waals surface area (Å²) in [5.74, 6) is 0. The molecule has 6 nitrogen and oxygen atoms in total. The SMILES string of the molecule is CC1(C)CN(S(=O)(=O)N2CCNCC2c2cccc(Cl)c2)CCO1. The second-order valence-electron chi connectivity index (χ2n) is 6.84. The molecule has 0 radical (unpaired) electrons. The highest BCUT2D eigenvalue weighted by Gasteiger charge is 2.41. The van der Waals surface area contributed by atoms with Gasteiger partial charge in [0.1, 0.15) is 0 Å². The van der Waals surface area contributed by atoms with Crippen molar-refractivity contribution in [3.63, 3.8) is 0 Å². The normalized spacial score (nSPS) is 26.4. The molecule has 2 heterocycles. The molecular formula is C16H24ClN3O3S. The molecule has 2 fully saturated rings. The minimum atomic E-state index is -3.56. The third-order valence-electron chi connectivity index (χ3n) is 4.44. The molecular weight excluding hydrogens is 350 g/mol. The van der Waals surface area contributed by atoms with Crippen LogP contribution < -0.4 is 5.32 Å². The molecule has 0 aromatic heterocycles. The van der Waals surface area contributed by atoms with E-state index in [9.17, 15) is 8.42 Å².